The van der Waals surface area contributed by atoms with Crippen molar-refractivity contribution in [3.05, 3.63) is 33.4 Å². The zero-order chi connectivity index (χ0) is 13.1. The van der Waals surface area contributed by atoms with Crippen LogP contribution < -0.4 is 10.9 Å². The third-order valence-electron chi connectivity index (χ3n) is 2.97. The normalized spacial score (nSPS) is 14.3. The molecular weight excluding hydrogens is 234 g/mol. The highest BCUT2D eigenvalue weighted by Gasteiger charge is 2.27. The molecule has 0 aromatic carbocycles. The first-order valence-electron chi connectivity index (χ1n) is 6.12. The van der Waals surface area contributed by atoms with Gasteiger partial charge in [0.15, 0.2) is 0 Å². The summed E-state index contributed by atoms with van der Waals surface area (Å²) >= 11 is 0. The van der Waals surface area contributed by atoms with E-state index in [-0.39, 0.29) is 12.2 Å². The molecule has 18 heavy (non-hydrogen) atoms. The quantitative estimate of drug-likeness (QED) is 0.642. The number of nitrogens with one attached hydrogen (secondary N) is 1. The van der Waals surface area contributed by atoms with Crippen molar-refractivity contribution in [1.29, 1.82) is 0 Å². The van der Waals surface area contributed by atoms with Gasteiger partial charge >= 0.3 is 5.63 Å². The second-order valence-corrected chi connectivity index (χ2v) is 4.40. The first kappa shape index (κ1) is 12.5. The average molecular weight is 249 g/mol. The van der Waals surface area contributed by atoms with Crippen LogP contribution in [0.25, 0.3) is 0 Å². The first-order chi connectivity index (χ1) is 8.61. The minimum atomic E-state index is -0.497. The molecule has 0 saturated carbocycles. The molecule has 1 N–H and O–H groups in total. The molecule has 1 aromatic heterocycles. The number of fused-ring (bicyclic) bond motifs is 1. The van der Waals surface area contributed by atoms with Crippen LogP contribution in [0.1, 0.15) is 47.9 Å². The summed E-state index contributed by atoms with van der Waals surface area (Å²) in [5.41, 5.74) is 0.549. The molecule has 0 fully saturated rings. The zero-order valence-electron chi connectivity index (χ0n) is 10.2. The number of unbranched alkanes of at least 4 members (excludes halogenated alkanes) is 2. The smallest absolute Gasteiger partial charge is 0.336 e. The number of amides is 2. The number of aryl methyl sites for hydroxylation is 1. The molecule has 2 amide bonds. The van der Waals surface area contributed by atoms with Gasteiger partial charge in [-0.15, -0.1) is 0 Å². The number of carbonyl (C=O) groups excluding carboxylic acids is 2. The summed E-state index contributed by atoms with van der Waals surface area (Å²) in [4.78, 5) is 34.4. The third-order valence-corrected chi connectivity index (χ3v) is 2.97. The van der Waals surface area contributed by atoms with Crippen molar-refractivity contribution in [3.8, 4) is 0 Å². The molecule has 1 aliphatic rings. The monoisotopic (exact) mass is 249 g/mol. The third kappa shape index (κ3) is 2.50. The molecule has 0 bridgehead atoms. The van der Waals surface area contributed by atoms with E-state index in [1.807, 2.05) is 0 Å². The topological polar surface area (TPSA) is 76.4 Å². The van der Waals surface area contributed by atoms with Gasteiger partial charge in [0.25, 0.3) is 5.91 Å². The highest BCUT2D eigenvalue weighted by Crippen LogP contribution is 2.19. The fourth-order valence-electron chi connectivity index (χ4n) is 2.13. The van der Waals surface area contributed by atoms with Gasteiger partial charge in [0.05, 0.1) is 12.0 Å². The van der Waals surface area contributed by atoms with E-state index in [1.165, 1.54) is 6.07 Å². The second kappa shape index (κ2) is 5.16. The van der Waals surface area contributed by atoms with Crippen molar-refractivity contribution in [2.45, 2.75) is 39.0 Å². The maximum absolute atomic E-state index is 11.8. The molecule has 2 heterocycles. The van der Waals surface area contributed by atoms with Crippen LogP contribution in [0.3, 0.4) is 0 Å². The van der Waals surface area contributed by atoms with Crippen molar-refractivity contribution in [2.75, 3.05) is 0 Å². The van der Waals surface area contributed by atoms with E-state index in [4.69, 9.17) is 4.42 Å². The molecule has 1 aromatic rings. The number of hydrogen-bond acceptors (Lipinski definition) is 4. The minimum Gasteiger partial charge on any atom is -0.426 e. The number of imide groups is 1. The van der Waals surface area contributed by atoms with Crippen LogP contribution in [0, 0.1) is 0 Å². The lowest BCUT2D eigenvalue weighted by Gasteiger charge is -2.16. The molecule has 5 heteroatoms. The van der Waals surface area contributed by atoms with Gasteiger partial charge in [-0.1, -0.05) is 19.8 Å². The summed E-state index contributed by atoms with van der Waals surface area (Å²) in [6, 6.07) is 1.35. The van der Waals surface area contributed by atoms with Crippen LogP contribution in [0.5, 0.6) is 0 Å². The van der Waals surface area contributed by atoms with Gasteiger partial charge in [0.1, 0.15) is 5.76 Å². The summed E-state index contributed by atoms with van der Waals surface area (Å²) < 4.78 is 4.95. The lowest BCUT2D eigenvalue weighted by molar-refractivity contribution is -0.120. The molecule has 0 spiro atoms. The van der Waals surface area contributed by atoms with E-state index >= 15 is 0 Å². The van der Waals surface area contributed by atoms with Gasteiger partial charge in [-0.05, 0) is 18.4 Å². The lowest BCUT2D eigenvalue weighted by atomic mass is 9.97. The molecule has 96 valence electrons. The fraction of sp³-hybridized carbons (Fsp3) is 0.462. The van der Waals surface area contributed by atoms with Crippen molar-refractivity contribution < 1.29 is 14.0 Å². The molecule has 0 saturated heterocycles. The first-order valence-corrected chi connectivity index (χ1v) is 6.12. The summed E-state index contributed by atoms with van der Waals surface area (Å²) in [5.74, 6) is -0.694. The largest absolute Gasteiger partial charge is 0.426 e. The Balaban J connectivity index is 2.37. The van der Waals surface area contributed by atoms with Gasteiger partial charge in [0, 0.05) is 6.07 Å². The van der Waals surface area contributed by atoms with Crippen molar-refractivity contribution in [3.63, 3.8) is 0 Å². The molecular formula is C13H15NO4. The van der Waals surface area contributed by atoms with Gasteiger partial charge in [-0.25, -0.2) is 4.79 Å². The second-order valence-electron chi connectivity index (χ2n) is 4.40. The van der Waals surface area contributed by atoms with Crippen LogP contribution in [0.2, 0.25) is 0 Å². The van der Waals surface area contributed by atoms with Crippen LogP contribution in [-0.2, 0) is 17.6 Å². The Bertz CT molecular complexity index is 544. The standard InChI is InChI=1S/C13H15NO4/c1-2-3-4-5-8-6-11(16)18-9-7-10(15)14-13(17)12(8)9/h6H,2-5,7H2,1H3,(H,14,15,17). The van der Waals surface area contributed by atoms with Crippen LogP contribution in [-0.4, -0.2) is 11.8 Å². The minimum absolute atomic E-state index is 0.0437. The molecule has 0 unspecified atom stereocenters. The highest BCUT2D eigenvalue weighted by atomic mass is 16.4. The van der Waals surface area contributed by atoms with Crippen LogP contribution >= 0.6 is 0 Å². The van der Waals surface area contributed by atoms with Gasteiger partial charge < -0.3 is 4.42 Å². The lowest BCUT2D eigenvalue weighted by Crippen LogP contribution is -2.38. The average Bonchev–Trinajstić information content (AvgIpc) is 2.27. The molecule has 5 nitrogen and oxygen atoms in total. The summed E-state index contributed by atoms with van der Waals surface area (Å²) in [7, 11) is 0. The van der Waals surface area contributed by atoms with Gasteiger partial charge in [-0.2, -0.15) is 0 Å². The summed E-state index contributed by atoms with van der Waals surface area (Å²) in [6.45, 7) is 2.08. The van der Waals surface area contributed by atoms with Crippen molar-refractivity contribution in [1.82, 2.24) is 5.32 Å². The fourth-order valence-corrected chi connectivity index (χ4v) is 2.13. The predicted molar refractivity (Wildman–Crippen MR) is 64.4 cm³/mol. The SMILES string of the molecule is CCCCCc1cc(=O)oc2c1C(=O)NC(=O)C2. The predicted octanol–water partition coefficient (Wildman–Crippen LogP) is 1.19. The maximum atomic E-state index is 11.8. The van der Waals surface area contributed by atoms with Crippen molar-refractivity contribution >= 4 is 11.8 Å². The van der Waals surface area contributed by atoms with E-state index in [0.29, 0.717) is 17.5 Å². The summed E-state index contributed by atoms with van der Waals surface area (Å²) in [5, 5.41) is 2.25. The number of rotatable bonds is 4. The van der Waals surface area contributed by atoms with E-state index in [2.05, 4.69) is 12.2 Å². The van der Waals surface area contributed by atoms with E-state index in [1.54, 1.807) is 0 Å². The Kier molecular flexibility index (Phi) is 3.60. The number of carbonyl (C=O) groups is 2. The zero-order valence-corrected chi connectivity index (χ0v) is 10.2. The molecule has 1 aliphatic heterocycles. The molecule has 2 rings (SSSR count). The Morgan fingerprint density at radius 3 is 2.78 bits per heavy atom. The van der Waals surface area contributed by atoms with Crippen molar-refractivity contribution in [2.24, 2.45) is 0 Å². The Morgan fingerprint density at radius 2 is 2.06 bits per heavy atom. The van der Waals surface area contributed by atoms with Crippen LogP contribution in [0.15, 0.2) is 15.3 Å². The Labute approximate surface area is 104 Å². The Morgan fingerprint density at radius 1 is 1.28 bits per heavy atom. The molecule has 0 aliphatic carbocycles. The Hall–Kier alpha value is -1.91. The maximum Gasteiger partial charge on any atom is 0.336 e. The van der Waals surface area contributed by atoms with Gasteiger partial charge in [-0.3, -0.25) is 14.9 Å². The molecule has 0 radical (unpaired) electrons. The van der Waals surface area contributed by atoms with E-state index in [0.717, 1.165) is 19.3 Å². The van der Waals surface area contributed by atoms with E-state index < -0.39 is 17.4 Å². The molecule has 0 atom stereocenters. The highest BCUT2D eigenvalue weighted by molar-refractivity contribution is 6.09. The summed E-state index contributed by atoms with van der Waals surface area (Å²) in [6.07, 6.45) is 3.62. The van der Waals surface area contributed by atoms with Crippen LogP contribution in [0.4, 0.5) is 0 Å². The van der Waals surface area contributed by atoms with E-state index in [9.17, 15) is 14.4 Å². The number of hydrogen-bond donors (Lipinski definition) is 1. The van der Waals surface area contributed by atoms with Gasteiger partial charge in [0.2, 0.25) is 5.91 Å².